The number of aryl methyl sites for hydroxylation is 1. The Morgan fingerprint density at radius 3 is 2.56 bits per heavy atom. The SMILES string of the molecule is Cc1ccc(Cl)c(Nc2c(C(=O)N3CCC4(CC3)OCc3ccccc34)cnc3c(S(=O)(=O)NC(=O)C4(C)COC4)cnn23)c1. The molecule has 0 radical (unpaired) electrons. The quantitative estimate of drug-likeness (QED) is 0.317. The van der Waals surface area contributed by atoms with Crippen LogP contribution in [0.1, 0.15) is 46.8 Å². The molecule has 0 aliphatic carbocycles. The summed E-state index contributed by atoms with van der Waals surface area (Å²) >= 11 is 6.51. The van der Waals surface area contributed by atoms with Crippen molar-refractivity contribution in [2.45, 2.75) is 43.8 Å². The molecule has 234 valence electrons. The number of aromatic nitrogens is 3. The van der Waals surface area contributed by atoms with Crippen molar-refractivity contribution in [3.63, 3.8) is 0 Å². The fourth-order valence-electron chi connectivity index (χ4n) is 6.12. The lowest BCUT2D eigenvalue weighted by Gasteiger charge is -2.39. The number of anilines is 2. The number of likely N-dealkylation sites (tertiary alicyclic amines) is 1. The van der Waals surface area contributed by atoms with Gasteiger partial charge in [0.1, 0.15) is 11.4 Å². The molecule has 45 heavy (non-hydrogen) atoms. The monoisotopic (exact) mass is 650 g/mol. The Bertz CT molecular complexity index is 1970. The van der Waals surface area contributed by atoms with Crippen molar-refractivity contribution >= 4 is 50.6 Å². The third kappa shape index (κ3) is 5.03. The number of nitrogens with zero attached hydrogens (tertiary/aromatic N) is 4. The molecule has 0 bridgehead atoms. The molecule has 5 heterocycles. The first kappa shape index (κ1) is 29.7. The van der Waals surface area contributed by atoms with E-state index in [1.807, 2.05) is 31.2 Å². The third-order valence-electron chi connectivity index (χ3n) is 8.88. The second-order valence-electron chi connectivity index (χ2n) is 12.1. The van der Waals surface area contributed by atoms with Gasteiger partial charge in [0.2, 0.25) is 5.91 Å². The highest BCUT2D eigenvalue weighted by Gasteiger charge is 2.45. The molecular formula is C31H31ClN6O6S. The largest absolute Gasteiger partial charge is 0.379 e. The van der Waals surface area contributed by atoms with Gasteiger partial charge in [-0.25, -0.2) is 18.1 Å². The molecule has 3 aliphatic heterocycles. The zero-order chi connectivity index (χ0) is 31.6. The van der Waals surface area contributed by atoms with Crippen molar-refractivity contribution in [3.05, 3.63) is 82.1 Å². The van der Waals surface area contributed by atoms with Crippen LogP contribution in [0.15, 0.2) is 59.8 Å². The predicted molar refractivity (Wildman–Crippen MR) is 165 cm³/mol. The third-order valence-corrected chi connectivity index (χ3v) is 10.5. The topological polar surface area (TPSA) is 144 Å². The maximum atomic E-state index is 14.1. The zero-order valence-corrected chi connectivity index (χ0v) is 26.2. The van der Waals surface area contributed by atoms with Crippen LogP contribution in [0, 0.1) is 12.3 Å². The number of hydrogen-bond acceptors (Lipinski definition) is 9. The molecule has 2 amide bonds. The van der Waals surface area contributed by atoms with Gasteiger partial charge in [0.15, 0.2) is 10.5 Å². The molecule has 2 N–H and O–H groups in total. The second kappa shape index (κ2) is 10.8. The van der Waals surface area contributed by atoms with Gasteiger partial charge in [0.25, 0.3) is 15.9 Å². The van der Waals surface area contributed by atoms with E-state index >= 15 is 0 Å². The molecule has 2 aromatic carbocycles. The second-order valence-corrected chi connectivity index (χ2v) is 14.2. The molecule has 2 saturated heterocycles. The van der Waals surface area contributed by atoms with E-state index in [1.54, 1.807) is 17.9 Å². The molecule has 2 fully saturated rings. The van der Waals surface area contributed by atoms with E-state index in [9.17, 15) is 18.0 Å². The number of piperidine rings is 1. The normalized spacial score (nSPS) is 18.4. The summed E-state index contributed by atoms with van der Waals surface area (Å²) in [5, 5.41) is 7.92. The minimum atomic E-state index is -4.36. The van der Waals surface area contributed by atoms with Crippen LogP contribution in [0.5, 0.6) is 0 Å². The maximum absolute atomic E-state index is 14.1. The van der Waals surface area contributed by atoms with E-state index in [1.165, 1.54) is 21.8 Å². The van der Waals surface area contributed by atoms with E-state index in [2.05, 4.69) is 32.3 Å². The summed E-state index contributed by atoms with van der Waals surface area (Å²) in [5.41, 5.74) is 2.49. The number of halogens is 1. The highest BCUT2D eigenvalue weighted by molar-refractivity contribution is 7.90. The average molecular weight is 651 g/mol. The molecule has 2 aromatic heterocycles. The number of ether oxygens (including phenoxy) is 2. The summed E-state index contributed by atoms with van der Waals surface area (Å²) < 4.78 is 41.5. The minimum absolute atomic E-state index is 0.0679. The van der Waals surface area contributed by atoms with Crippen molar-refractivity contribution in [2.24, 2.45) is 5.41 Å². The molecule has 12 nitrogen and oxygen atoms in total. The fourth-order valence-corrected chi connectivity index (χ4v) is 7.45. The number of fused-ring (bicyclic) bond motifs is 3. The number of sulfonamides is 1. The zero-order valence-electron chi connectivity index (χ0n) is 24.7. The Kier molecular flexibility index (Phi) is 7.11. The Labute approximate surface area is 264 Å². The molecule has 14 heteroatoms. The van der Waals surface area contributed by atoms with Crippen molar-refractivity contribution in [3.8, 4) is 0 Å². The van der Waals surface area contributed by atoms with Crippen LogP contribution in [0.3, 0.4) is 0 Å². The van der Waals surface area contributed by atoms with E-state index in [4.69, 9.17) is 21.1 Å². The van der Waals surface area contributed by atoms with Crippen LogP contribution >= 0.6 is 11.6 Å². The highest BCUT2D eigenvalue weighted by atomic mass is 35.5. The van der Waals surface area contributed by atoms with Gasteiger partial charge < -0.3 is 19.7 Å². The van der Waals surface area contributed by atoms with Crippen molar-refractivity contribution in [1.82, 2.24) is 24.2 Å². The van der Waals surface area contributed by atoms with Gasteiger partial charge >= 0.3 is 0 Å². The Hall–Kier alpha value is -4.04. The summed E-state index contributed by atoms with van der Waals surface area (Å²) in [7, 11) is -4.36. The number of rotatable bonds is 6. The first-order chi connectivity index (χ1) is 21.5. The Morgan fingerprint density at radius 2 is 1.82 bits per heavy atom. The van der Waals surface area contributed by atoms with E-state index in [-0.39, 0.29) is 41.0 Å². The van der Waals surface area contributed by atoms with Gasteiger partial charge in [-0.15, -0.1) is 0 Å². The molecule has 0 saturated carbocycles. The van der Waals surface area contributed by atoms with Crippen LogP contribution in [-0.4, -0.2) is 66.0 Å². The number of hydrogen-bond donors (Lipinski definition) is 2. The van der Waals surface area contributed by atoms with E-state index in [0.717, 1.165) is 11.8 Å². The predicted octanol–water partition coefficient (Wildman–Crippen LogP) is 3.94. The molecule has 3 aliphatic rings. The standard InChI is InChI=1S/C31H31ClN6O6S/c1-19-7-8-23(32)24(13-19)35-26-21(28(39)37-11-9-31(10-12-37)22-6-4-3-5-20(22)16-44-31)14-33-27-25(15-34-38(26)27)45(41,42)36-29(40)30(2)17-43-18-30/h3-8,13-15,35H,9-12,16-18H2,1-2H3,(H,36,40). The average Bonchev–Trinajstić information content (AvgIpc) is 3.61. The number of carbonyl (C=O) groups excluding carboxylic acids is 2. The van der Waals surface area contributed by atoms with Gasteiger partial charge in [0, 0.05) is 19.3 Å². The van der Waals surface area contributed by atoms with Crippen molar-refractivity contribution in [1.29, 1.82) is 0 Å². The number of benzene rings is 2. The summed E-state index contributed by atoms with van der Waals surface area (Å²) in [5.74, 6) is -0.795. The van der Waals surface area contributed by atoms with Gasteiger partial charge in [-0.05, 0) is 55.5 Å². The van der Waals surface area contributed by atoms with Crippen molar-refractivity contribution < 1.29 is 27.5 Å². The fraction of sp³-hybridized carbons (Fsp3) is 0.355. The number of carbonyl (C=O) groups is 2. The van der Waals surface area contributed by atoms with Gasteiger partial charge in [-0.2, -0.15) is 9.61 Å². The molecule has 1 spiro atoms. The molecule has 4 aromatic rings. The van der Waals surface area contributed by atoms with Gasteiger partial charge in [-0.3, -0.25) is 9.59 Å². The number of amides is 2. The smallest absolute Gasteiger partial charge is 0.269 e. The first-order valence-electron chi connectivity index (χ1n) is 14.6. The van der Waals surface area contributed by atoms with Gasteiger partial charge in [-0.1, -0.05) is 41.9 Å². The van der Waals surface area contributed by atoms with Crippen LogP contribution in [0.4, 0.5) is 11.5 Å². The van der Waals surface area contributed by atoms with Crippen LogP contribution in [0.2, 0.25) is 5.02 Å². The van der Waals surface area contributed by atoms with Crippen molar-refractivity contribution in [2.75, 3.05) is 31.6 Å². The lowest BCUT2D eigenvalue weighted by molar-refractivity contribution is -0.155. The lowest BCUT2D eigenvalue weighted by Crippen LogP contribution is -2.53. The van der Waals surface area contributed by atoms with Crippen LogP contribution < -0.4 is 10.0 Å². The molecule has 7 rings (SSSR count). The highest BCUT2D eigenvalue weighted by Crippen LogP contribution is 2.44. The minimum Gasteiger partial charge on any atom is -0.379 e. The van der Waals surface area contributed by atoms with Crippen LogP contribution in [-0.2, 0) is 36.5 Å². The maximum Gasteiger partial charge on any atom is 0.269 e. The molecule has 0 atom stereocenters. The Balaban J connectivity index is 1.23. The summed E-state index contributed by atoms with van der Waals surface area (Å²) in [6.45, 7) is 5.21. The Morgan fingerprint density at radius 1 is 1.07 bits per heavy atom. The first-order valence-corrected chi connectivity index (χ1v) is 16.4. The van der Waals surface area contributed by atoms with Gasteiger partial charge in [0.05, 0.1) is 47.7 Å². The summed E-state index contributed by atoms with van der Waals surface area (Å²) in [6.07, 6.45) is 3.70. The van der Waals surface area contributed by atoms with E-state index < -0.39 is 26.9 Å². The summed E-state index contributed by atoms with van der Waals surface area (Å²) in [6, 6.07) is 13.6. The lowest BCUT2D eigenvalue weighted by atomic mass is 9.83. The van der Waals surface area contributed by atoms with Crippen LogP contribution in [0.25, 0.3) is 5.65 Å². The summed E-state index contributed by atoms with van der Waals surface area (Å²) in [4.78, 5) is 32.6. The molecular weight excluding hydrogens is 620 g/mol. The number of nitrogens with one attached hydrogen (secondary N) is 2. The molecule has 0 unspecified atom stereocenters. The van der Waals surface area contributed by atoms with E-state index in [0.29, 0.717) is 43.2 Å².